The highest BCUT2D eigenvalue weighted by atomic mass is 35.5. The Bertz CT molecular complexity index is 959. The highest BCUT2D eigenvalue weighted by Crippen LogP contribution is 2.25. The van der Waals surface area contributed by atoms with Crippen LogP contribution in [0.2, 0.25) is 10.0 Å². The topological polar surface area (TPSA) is 47.2 Å². The molecule has 1 aromatic carbocycles. The van der Waals surface area contributed by atoms with Crippen molar-refractivity contribution in [1.29, 1.82) is 0 Å². The van der Waals surface area contributed by atoms with E-state index in [1.54, 1.807) is 18.2 Å². The van der Waals surface area contributed by atoms with Crippen molar-refractivity contribution in [2.24, 2.45) is 5.10 Å². The number of fused-ring (bicyclic) bond motifs is 1. The maximum absolute atomic E-state index is 12.5. The van der Waals surface area contributed by atoms with Gasteiger partial charge in [0.1, 0.15) is 11.2 Å². The predicted octanol–water partition coefficient (Wildman–Crippen LogP) is 4.26. The van der Waals surface area contributed by atoms with Crippen LogP contribution in [0.4, 0.5) is 0 Å². The lowest BCUT2D eigenvalue weighted by Crippen LogP contribution is -2.17. The van der Waals surface area contributed by atoms with Gasteiger partial charge in [0.25, 0.3) is 5.56 Å². The Morgan fingerprint density at radius 2 is 2.09 bits per heavy atom. The third kappa shape index (κ3) is 2.67. The van der Waals surface area contributed by atoms with Crippen LogP contribution >= 0.6 is 34.5 Å². The molecule has 0 atom stereocenters. The predicted molar refractivity (Wildman–Crippen MR) is 92.8 cm³/mol. The highest BCUT2D eigenvalue weighted by molar-refractivity contribution is 7.18. The van der Waals surface area contributed by atoms with E-state index in [0.29, 0.717) is 21.0 Å². The zero-order valence-corrected chi connectivity index (χ0v) is 14.1. The standard InChI is InChI=1S/C15H11Cl2N3OS/c1-8-9(2)22-14-13(8)15(21)20(7-18-14)19-6-10-3-4-11(16)5-12(10)17/h3-7H,1-2H3/b19-6+. The second-order valence-electron chi connectivity index (χ2n) is 4.77. The van der Waals surface area contributed by atoms with E-state index in [1.807, 2.05) is 13.8 Å². The van der Waals surface area contributed by atoms with Crippen LogP contribution in [0.3, 0.4) is 0 Å². The van der Waals surface area contributed by atoms with Gasteiger partial charge in [-0.05, 0) is 31.5 Å². The molecular formula is C15H11Cl2N3OS. The number of aromatic nitrogens is 2. The summed E-state index contributed by atoms with van der Waals surface area (Å²) in [5.74, 6) is 0. The minimum Gasteiger partial charge on any atom is -0.267 e. The van der Waals surface area contributed by atoms with E-state index in [1.165, 1.54) is 28.6 Å². The summed E-state index contributed by atoms with van der Waals surface area (Å²) in [5.41, 5.74) is 1.44. The van der Waals surface area contributed by atoms with Gasteiger partial charge in [0.2, 0.25) is 0 Å². The molecule has 2 aromatic heterocycles. The van der Waals surface area contributed by atoms with Crippen LogP contribution in [0.1, 0.15) is 16.0 Å². The summed E-state index contributed by atoms with van der Waals surface area (Å²) in [4.78, 5) is 18.6. The largest absolute Gasteiger partial charge is 0.282 e. The molecule has 22 heavy (non-hydrogen) atoms. The van der Waals surface area contributed by atoms with Crippen LogP contribution < -0.4 is 5.56 Å². The van der Waals surface area contributed by atoms with Crippen LogP contribution in [0.25, 0.3) is 10.2 Å². The first-order valence-corrected chi connectivity index (χ1v) is 8.01. The number of halogens is 2. The smallest absolute Gasteiger partial charge is 0.267 e. The molecule has 0 unspecified atom stereocenters. The van der Waals surface area contributed by atoms with Crippen LogP contribution in [-0.2, 0) is 0 Å². The maximum atomic E-state index is 12.5. The van der Waals surface area contributed by atoms with E-state index >= 15 is 0 Å². The van der Waals surface area contributed by atoms with Gasteiger partial charge in [-0.25, -0.2) is 4.98 Å². The van der Waals surface area contributed by atoms with E-state index < -0.39 is 0 Å². The third-order valence-electron chi connectivity index (χ3n) is 3.36. The van der Waals surface area contributed by atoms with Gasteiger partial charge in [-0.2, -0.15) is 9.78 Å². The van der Waals surface area contributed by atoms with Gasteiger partial charge in [0.15, 0.2) is 0 Å². The molecule has 0 N–H and O–H groups in total. The molecule has 2 heterocycles. The number of hydrogen-bond donors (Lipinski definition) is 0. The van der Waals surface area contributed by atoms with Gasteiger partial charge in [-0.1, -0.05) is 29.3 Å². The summed E-state index contributed by atoms with van der Waals surface area (Å²) in [7, 11) is 0. The molecule has 0 fully saturated rings. The van der Waals surface area contributed by atoms with Crippen molar-refractivity contribution in [2.75, 3.05) is 0 Å². The van der Waals surface area contributed by atoms with Gasteiger partial charge in [0.05, 0.1) is 16.6 Å². The van der Waals surface area contributed by atoms with Crippen molar-refractivity contribution in [3.8, 4) is 0 Å². The Morgan fingerprint density at radius 1 is 1.32 bits per heavy atom. The summed E-state index contributed by atoms with van der Waals surface area (Å²) in [6.07, 6.45) is 2.93. The van der Waals surface area contributed by atoms with E-state index in [2.05, 4.69) is 10.1 Å². The fraction of sp³-hybridized carbons (Fsp3) is 0.133. The zero-order chi connectivity index (χ0) is 15.9. The molecule has 0 saturated carbocycles. The molecule has 0 bridgehead atoms. The second kappa shape index (κ2) is 5.83. The van der Waals surface area contributed by atoms with Crippen molar-refractivity contribution in [2.45, 2.75) is 13.8 Å². The van der Waals surface area contributed by atoms with Gasteiger partial charge in [-0.3, -0.25) is 4.79 Å². The Labute approximate surface area is 140 Å². The zero-order valence-electron chi connectivity index (χ0n) is 11.8. The normalized spacial score (nSPS) is 11.6. The van der Waals surface area contributed by atoms with Gasteiger partial charge in [0, 0.05) is 15.5 Å². The van der Waals surface area contributed by atoms with E-state index in [4.69, 9.17) is 23.2 Å². The lowest BCUT2D eigenvalue weighted by atomic mass is 10.2. The number of hydrogen-bond acceptors (Lipinski definition) is 4. The van der Waals surface area contributed by atoms with E-state index in [0.717, 1.165) is 15.3 Å². The average molecular weight is 352 g/mol. The van der Waals surface area contributed by atoms with Crippen molar-refractivity contribution in [1.82, 2.24) is 9.66 Å². The molecule has 7 heteroatoms. The number of nitrogens with zero attached hydrogens (tertiary/aromatic N) is 3. The molecule has 0 radical (unpaired) electrons. The first-order valence-electron chi connectivity index (χ1n) is 6.44. The maximum Gasteiger partial charge on any atom is 0.282 e. The second-order valence-corrected chi connectivity index (χ2v) is 6.81. The molecule has 0 saturated heterocycles. The molecule has 0 amide bonds. The monoisotopic (exact) mass is 351 g/mol. The first-order chi connectivity index (χ1) is 10.5. The number of benzene rings is 1. The summed E-state index contributed by atoms with van der Waals surface area (Å²) in [6, 6.07) is 5.08. The molecule has 3 rings (SSSR count). The molecule has 4 nitrogen and oxygen atoms in total. The fourth-order valence-electron chi connectivity index (χ4n) is 2.04. The number of rotatable bonds is 2. The number of aryl methyl sites for hydroxylation is 2. The van der Waals surface area contributed by atoms with Crippen LogP contribution in [0.5, 0.6) is 0 Å². The van der Waals surface area contributed by atoms with E-state index in [9.17, 15) is 4.79 Å². The summed E-state index contributed by atoms with van der Waals surface area (Å²) in [5, 5.41) is 5.80. The Kier molecular flexibility index (Phi) is 4.04. The third-order valence-corrected chi connectivity index (χ3v) is 5.03. The minimum absolute atomic E-state index is 0.187. The molecule has 0 aliphatic rings. The van der Waals surface area contributed by atoms with Crippen molar-refractivity contribution < 1.29 is 0 Å². The first kappa shape index (κ1) is 15.2. The molecule has 0 aliphatic carbocycles. The van der Waals surface area contributed by atoms with Crippen LogP contribution in [0, 0.1) is 13.8 Å². The average Bonchev–Trinajstić information content (AvgIpc) is 2.76. The molecule has 112 valence electrons. The number of thiophene rings is 1. The van der Waals surface area contributed by atoms with Gasteiger partial charge in [-0.15, -0.1) is 11.3 Å². The quantitative estimate of drug-likeness (QED) is 0.647. The van der Waals surface area contributed by atoms with Crippen LogP contribution in [0.15, 0.2) is 34.4 Å². The van der Waals surface area contributed by atoms with Gasteiger partial charge < -0.3 is 0 Å². The Balaban J connectivity index is 2.07. The molecule has 0 spiro atoms. The lowest BCUT2D eigenvalue weighted by molar-refractivity contribution is 0.818. The molecule has 3 aromatic rings. The van der Waals surface area contributed by atoms with E-state index in [-0.39, 0.29) is 5.56 Å². The Hall–Kier alpha value is -1.69. The van der Waals surface area contributed by atoms with Crippen molar-refractivity contribution in [3.05, 3.63) is 60.9 Å². The van der Waals surface area contributed by atoms with Crippen molar-refractivity contribution >= 4 is 51.0 Å². The van der Waals surface area contributed by atoms with Crippen molar-refractivity contribution in [3.63, 3.8) is 0 Å². The lowest BCUT2D eigenvalue weighted by Gasteiger charge is -2.00. The Morgan fingerprint density at radius 3 is 2.82 bits per heavy atom. The molecular weight excluding hydrogens is 341 g/mol. The molecule has 0 aliphatic heterocycles. The summed E-state index contributed by atoms with van der Waals surface area (Å²) < 4.78 is 1.21. The minimum atomic E-state index is -0.187. The summed E-state index contributed by atoms with van der Waals surface area (Å²) >= 11 is 13.4. The van der Waals surface area contributed by atoms with Gasteiger partial charge >= 0.3 is 0 Å². The SMILES string of the molecule is Cc1sc2ncn(/N=C/c3ccc(Cl)cc3Cl)c(=O)c2c1C. The highest BCUT2D eigenvalue weighted by Gasteiger charge is 2.11. The summed E-state index contributed by atoms with van der Waals surface area (Å²) in [6.45, 7) is 3.89. The fourth-order valence-corrected chi connectivity index (χ4v) is 3.48. The van der Waals surface area contributed by atoms with Crippen LogP contribution in [-0.4, -0.2) is 15.9 Å².